The zero-order valence-corrected chi connectivity index (χ0v) is 12.3. The van der Waals surface area contributed by atoms with Gasteiger partial charge in [0.15, 0.2) is 17.0 Å². The fourth-order valence-corrected chi connectivity index (χ4v) is 1.62. The van der Waals surface area contributed by atoms with E-state index in [4.69, 9.17) is 0 Å². The summed E-state index contributed by atoms with van der Waals surface area (Å²) in [6.07, 6.45) is 0.127. The Morgan fingerprint density at radius 2 is 1.95 bits per heavy atom. The summed E-state index contributed by atoms with van der Waals surface area (Å²) in [5.74, 6) is -1.53. The van der Waals surface area contributed by atoms with Crippen molar-refractivity contribution < 1.29 is 30.3 Å². The van der Waals surface area contributed by atoms with Crippen molar-refractivity contribution in [2.24, 2.45) is 0 Å². The van der Waals surface area contributed by atoms with Gasteiger partial charge in [0.05, 0.1) is 7.11 Å². The van der Waals surface area contributed by atoms with E-state index < -0.39 is 17.6 Å². The third-order valence-corrected chi connectivity index (χ3v) is 2.89. The van der Waals surface area contributed by atoms with Crippen LogP contribution in [0.15, 0.2) is 18.2 Å². The van der Waals surface area contributed by atoms with Crippen molar-refractivity contribution in [1.29, 1.82) is 0 Å². The average Bonchev–Trinajstić information content (AvgIpc) is 2.40. The lowest BCUT2D eigenvalue weighted by molar-refractivity contribution is -0.446. The number of benzene rings is 1. The summed E-state index contributed by atoms with van der Waals surface area (Å²) in [5.41, 5.74) is 3.39. The summed E-state index contributed by atoms with van der Waals surface area (Å²) in [6, 6.07) is 3.29. The monoisotopic (exact) mass is 297 g/mol. The first kappa shape index (κ1) is 16.8. The highest BCUT2D eigenvalue weighted by atomic mass is 16.5. The molecule has 0 radical (unpaired) electrons. The maximum atomic E-state index is 11.9. The van der Waals surface area contributed by atoms with Gasteiger partial charge in [-0.3, -0.25) is 4.79 Å². The van der Waals surface area contributed by atoms with Crippen LogP contribution >= 0.6 is 0 Å². The topological polar surface area (TPSA) is 124 Å². The molecular formula is C14H21N2O5+. The standard InChI is InChI=1S/C14H20N2O5/c1-14(2,15)13(20)16-9(12(19)21-3)6-8-4-5-10(17)11(18)7-8/h4-5,7,9,17-18H,6,15H2,1-3H3,(H,16,20)/p+1/t9-/m0/s1. The van der Waals surface area contributed by atoms with Gasteiger partial charge in [0.2, 0.25) is 0 Å². The van der Waals surface area contributed by atoms with E-state index in [0.717, 1.165) is 0 Å². The summed E-state index contributed by atoms with van der Waals surface area (Å²) in [7, 11) is 1.23. The SMILES string of the molecule is COC(=O)[C@H](Cc1ccc(O)c(O)c1)NC(=O)C(C)(C)[NH3+]. The van der Waals surface area contributed by atoms with Crippen LogP contribution in [-0.2, 0) is 20.7 Å². The minimum absolute atomic E-state index is 0.127. The van der Waals surface area contributed by atoms with Gasteiger partial charge in [0.25, 0.3) is 5.91 Å². The van der Waals surface area contributed by atoms with Crippen molar-refractivity contribution in [3.05, 3.63) is 23.8 Å². The molecule has 0 aromatic heterocycles. The Bertz CT molecular complexity index is 537. The van der Waals surface area contributed by atoms with E-state index in [0.29, 0.717) is 5.56 Å². The van der Waals surface area contributed by atoms with Gasteiger partial charge in [-0.25, -0.2) is 4.79 Å². The molecule has 7 nitrogen and oxygen atoms in total. The predicted octanol–water partition coefficient (Wildman–Crippen LogP) is -0.681. The lowest BCUT2D eigenvalue weighted by Crippen LogP contribution is -2.76. The first-order chi connectivity index (χ1) is 9.65. The molecule has 0 unspecified atom stereocenters. The number of ether oxygens (including phenoxy) is 1. The molecule has 1 atom stereocenters. The molecule has 0 saturated heterocycles. The minimum Gasteiger partial charge on any atom is -0.504 e. The Balaban J connectivity index is 2.91. The number of hydrogen-bond acceptors (Lipinski definition) is 5. The average molecular weight is 297 g/mol. The summed E-state index contributed by atoms with van der Waals surface area (Å²) in [6.45, 7) is 3.26. The number of rotatable bonds is 5. The molecule has 1 amide bonds. The third kappa shape index (κ3) is 4.64. The Morgan fingerprint density at radius 3 is 2.43 bits per heavy atom. The van der Waals surface area contributed by atoms with Crippen molar-refractivity contribution in [2.45, 2.75) is 31.8 Å². The van der Waals surface area contributed by atoms with Crippen molar-refractivity contribution in [2.75, 3.05) is 7.11 Å². The molecule has 0 bridgehead atoms. The molecule has 0 aliphatic rings. The maximum Gasteiger partial charge on any atom is 0.328 e. The molecule has 116 valence electrons. The number of carbonyl (C=O) groups excluding carboxylic acids is 2. The fraction of sp³-hybridized carbons (Fsp3) is 0.429. The molecule has 0 fully saturated rings. The molecule has 0 aliphatic heterocycles. The first-order valence-corrected chi connectivity index (χ1v) is 6.40. The zero-order chi connectivity index (χ0) is 16.2. The minimum atomic E-state index is -0.896. The number of phenolic OH excluding ortho intramolecular Hbond substituents is 2. The molecule has 21 heavy (non-hydrogen) atoms. The molecule has 6 N–H and O–H groups in total. The van der Waals surface area contributed by atoms with Gasteiger partial charge in [-0.15, -0.1) is 0 Å². The van der Waals surface area contributed by atoms with E-state index in [9.17, 15) is 19.8 Å². The van der Waals surface area contributed by atoms with Crippen molar-refractivity contribution in [3.8, 4) is 11.5 Å². The number of esters is 1. The number of phenols is 2. The summed E-state index contributed by atoms with van der Waals surface area (Å²) < 4.78 is 4.67. The lowest BCUT2D eigenvalue weighted by atomic mass is 10.0. The predicted molar refractivity (Wildman–Crippen MR) is 74.4 cm³/mol. The van der Waals surface area contributed by atoms with Crippen LogP contribution < -0.4 is 11.1 Å². The lowest BCUT2D eigenvalue weighted by Gasteiger charge is -2.21. The molecule has 0 aliphatic carbocycles. The van der Waals surface area contributed by atoms with E-state index in [-0.39, 0.29) is 23.8 Å². The van der Waals surface area contributed by atoms with Gasteiger partial charge in [-0.2, -0.15) is 0 Å². The number of aromatic hydroxyl groups is 2. The normalized spacial score (nSPS) is 12.6. The van der Waals surface area contributed by atoms with Gasteiger partial charge < -0.3 is 26.0 Å². The third-order valence-electron chi connectivity index (χ3n) is 2.89. The largest absolute Gasteiger partial charge is 0.504 e. The molecule has 0 saturated carbocycles. The highest BCUT2D eigenvalue weighted by molar-refractivity contribution is 5.88. The van der Waals surface area contributed by atoms with Crippen LogP contribution in [0.1, 0.15) is 19.4 Å². The van der Waals surface area contributed by atoms with Crippen LogP contribution in [0, 0.1) is 0 Å². The van der Waals surface area contributed by atoms with Gasteiger partial charge in [0, 0.05) is 6.42 Å². The van der Waals surface area contributed by atoms with E-state index in [1.807, 2.05) is 0 Å². The molecule has 0 heterocycles. The van der Waals surface area contributed by atoms with E-state index >= 15 is 0 Å². The number of quaternary nitrogens is 1. The summed E-state index contributed by atoms with van der Waals surface area (Å²) in [5, 5.41) is 21.3. The number of nitrogens with one attached hydrogen (secondary N) is 1. The molecule has 1 rings (SSSR count). The molecule has 0 spiro atoms. The summed E-state index contributed by atoms with van der Waals surface area (Å²) >= 11 is 0. The molecule has 1 aromatic carbocycles. The highest BCUT2D eigenvalue weighted by Gasteiger charge is 2.31. The van der Waals surface area contributed by atoms with Gasteiger partial charge in [-0.1, -0.05) is 6.07 Å². The quantitative estimate of drug-likeness (QED) is 0.423. The Morgan fingerprint density at radius 1 is 1.33 bits per heavy atom. The second-order valence-electron chi connectivity index (χ2n) is 5.46. The van der Waals surface area contributed by atoms with Gasteiger partial charge in [-0.05, 0) is 31.5 Å². The first-order valence-electron chi connectivity index (χ1n) is 6.40. The number of carbonyl (C=O) groups is 2. The molecule has 7 heteroatoms. The zero-order valence-electron chi connectivity index (χ0n) is 12.3. The second kappa shape index (κ2) is 6.45. The van der Waals surface area contributed by atoms with Gasteiger partial charge in [0.1, 0.15) is 6.04 Å². The number of hydrogen-bond donors (Lipinski definition) is 4. The van der Waals surface area contributed by atoms with Crippen molar-refractivity contribution in [3.63, 3.8) is 0 Å². The summed E-state index contributed by atoms with van der Waals surface area (Å²) in [4.78, 5) is 23.7. The van der Waals surface area contributed by atoms with E-state index in [1.54, 1.807) is 19.9 Å². The van der Waals surface area contributed by atoms with Crippen molar-refractivity contribution in [1.82, 2.24) is 5.32 Å². The number of methoxy groups -OCH3 is 1. The highest BCUT2D eigenvalue weighted by Crippen LogP contribution is 2.25. The Labute approximate surface area is 122 Å². The van der Waals surface area contributed by atoms with Crippen LogP contribution in [-0.4, -0.2) is 40.8 Å². The van der Waals surface area contributed by atoms with Crippen LogP contribution in [0.2, 0.25) is 0 Å². The Kier molecular flexibility index (Phi) is 5.15. The smallest absolute Gasteiger partial charge is 0.328 e. The van der Waals surface area contributed by atoms with E-state index in [1.165, 1.54) is 19.2 Å². The van der Waals surface area contributed by atoms with Crippen LogP contribution in [0.3, 0.4) is 0 Å². The molecular weight excluding hydrogens is 276 g/mol. The molecule has 1 aromatic rings. The van der Waals surface area contributed by atoms with Crippen LogP contribution in [0.25, 0.3) is 0 Å². The Hall–Kier alpha value is -2.28. The van der Waals surface area contributed by atoms with Gasteiger partial charge >= 0.3 is 5.97 Å². The van der Waals surface area contributed by atoms with E-state index in [2.05, 4.69) is 15.8 Å². The second-order valence-corrected chi connectivity index (χ2v) is 5.46. The fourth-order valence-electron chi connectivity index (χ4n) is 1.62. The number of amides is 1. The van der Waals surface area contributed by atoms with Crippen molar-refractivity contribution >= 4 is 11.9 Å². The maximum absolute atomic E-state index is 11.9. The van der Waals surface area contributed by atoms with Crippen LogP contribution in [0.5, 0.6) is 11.5 Å². The van der Waals surface area contributed by atoms with Crippen LogP contribution in [0.4, 0.5) is 0 Å².